The van der Waals surface area contributed by atoms with Gasteiger partial charge in [-0.25, -0.2) is 9.37 Å². The highest BCUT2D eigenvalue weighted by molar-refractivity contribution is 5.91. The molecule has 0 spiro atoms. The molecule has 0 aliphatic carbocycles. The molecule has 126 valence electrons. The van der Waals surface area contributed by atoms with Crippen LogP contribution in [0.1, 0.15) is 42.6 Å². The molecule has 1 aliphatic heterocycles. The van der Waals surface area contributed by atoms with Gasteiger partial charge in [-0.1, -0.05) is 25.5 Å². The summed E-state index contributed by atoms with van der Waals surface area (Å²) in [5.74, 6) is -1.01. The molecule has 1 amide bonds. The average Bonchev–Trinajstić information content (AvgIpc) is 3.21. The Morgan fingerprint density at radius 1 is 1.33 bits per heavy atom. The lowest BCUT2D eigenvalue weighted by Crippen LogP contribution is -2.32. The molecule has 2 aromatic rings. The minimum Gasteiger partial charge on any atom is -0.335 e. The van der Waals surface area contributed by atoms with E-state index in [4.69, 9.17) is 0 Å². The fourth-order valence-corrected chi connectivity index (χ4v) is 3.26. The van der Waals surface area contributed by atoms with Gasteiger partial charge < -0.3 is 4.90 Å². The van der Waals surface area contributed by atoms with Gasteiger partial charge in [-0.3, -0.25) is 14.2 Å². The van der Waals surface area contributed by atoms with Crippen LogP contribution in [0.4, 0.5) is 4.39 Å². The van der Waals surface area contributed by atoms with Crippen molar-refractivity contribution in [1.82, 2.24) is 14.5 Å². The predicted molar refractivity (Wildman–Crippen MR) is 86.7 cm³/mol. The molecule has 1 aromatic heterocycles. The topological polar surface area (TPSA) is 55.2 Å². The number of carbonyl (C=O) groups excluding carboxylic acids is 2. The van der Waals surface area contributed by atoms with Crippen molar-refractivity contribution in [1.29, 1.82) is 0 Å². The maximum atomic E-state index is 13.3. The van der Waals surface area contributed by atoms with Crippen LogP contribution in [0.5, 0.6) is 0 Å². The average molecular weight is 329 g/mol. The molecule has 0 radical (unpaired) electrons. The van der Waals surface area contributed by atoms with Crippen LogP contribution in [0.2, 0.25) is 0 Å². The molecule has 2 heterocycles. The van der Waals surface area contributed by atoms with Crippen molar-refractivity contribution in [3.05, 3.63) is 54.4 Å². The van der Waals surface area contributed by atoms with E-state index in [1.54, 1.807) is 23.2 Å². The van der Waals surface area contributed by atoms with Crippen LogP contribution in [-0.4, -0.2) is 32.8 Å². The molecule has 3 rings (SSSR count). The van der Waals surface area contributed by atoms with E-state index in [0.29, 0.717) is 6.54 Å². The molecule has 1 saturated heterocycles. The first kappa shape index (κ1) is 16.4. The molecule has 1 aromatic carbocycles. The fraction of sp³-hybridized carbons (Fsp3) is 0.389. The van der Waals surface area contributed by atoms with Gasteiger partial charge in [0.2, 0.25) is 11.8 Å². The highest BCUT2D eigenvalue weighted by atomic mass is 19.1. The van der Waals surface area contributed by atoms with E-state index in [1.165, 1.54) is 29.2 Å². The first-order valence-corrected chi connectivity index (χ1v) is 8.19. The van der Waals surface area contributed by atoms with Crippen LogP contribution >= 0.6 is 0 Å². The number of rotatable bonds is 5. The van der Waals surface area contributed by atoms with Gasteiger partial charge in [-0.05, 0) is 24.1 Å². The normalized spacial score (nSPS) is 20.6. The third-order valence-electron chi connectivity index (χ3n) is 4.47. The maximum Gasteiger partial charge on any atom is 0.237 e. The number of benzene rings is 1. The number of imidazole rings is 1. The van der Waals surface area contributed by atoms with E-state index in [9.17, 15) is 14.0 Å². The van der Waals surface area contributed by atoms with Crippen LogP contribution in [0.15, 0.2) is 43.0 Å². The number of halogens is 1. The summed E-state index contributed by atoms with van der Waals surface area (Å²) in [7, 11) is 0. The van der Waals surface area contributed by atoms with Crippen LogP contribution in [0.25, 0.3) is 0 Å². The van der Waals surface area contributed by atoms with E-state index in [1.807, 2.05) is 0 Å². The van der Waals surface area contributed by atoms with Gasteiger partial charge in [-0.2, -0.15) is 0 Å². The quantitative estimate of drug-likeness (QED) is 0.847. The molecular formula is C18H20FN3O2. The van der Waals surface area contributed by atoms with E-state index >= 15 is 0 Å². The summed E-state index contributed by atoms with van der Waals surface area (Å²) in [4.78, 5) is 30.9. The lowest BCUT2D eigenvalue weighted by Gasteiger charge is -2.28. The van der Waals surface area contributed by atoms with Gasteiger partial charge >= 0.3 is 0 Å². The maximum absolute atomic E-state index is 13.3. The number of likely N-dealkylation sites (tertiary alicyclic amines) is 1. The van der Waals surface area contributed by atoms with Crippen LogP contribution < -0.4 is 0 Å². The van der Waals surface area contributed by atoms with Crippen molar-refractivity contribution >= 4 is 11.8 Å². The van der Waals surface area contributed by atoms with E-state index in [-0.39, 0.29) is 30.1 Å². The van der Waals surface area contributed by atoms with Crippen molar-refractivity contribution in [3.8, 4) is 0 Å². The van der Waals surface area contributed by atoms with Crippen LogP contribution in [0, 0.1) is 11.7 Å². The van der Waals surface area contributed by atoms with Crippen molar-refractivity contribution < 1.29 is 14.0 Å². The highest BCUT2D eigenvalue weighted by Crippen LogP contribution is 2.39. The molecule has 6 heteroatoms. The third kappa shape index (κ3) is 3.09. The summed E-state index contributed by atoms with van der Waals surface area (Å²) in [5, 5.41) is 0. The van der Waals surface area contributed by atoms with Crippen molar-refractivity contribution in [2.75, 3.05) is 6.54 Å². The summed E-state index contributed by atoms with van der Waals surface area (Å²) in [6, 6.07) is 5.70. The number of carbonyl (C=O) groups is 2. The Kier molecular flexibility index (Phi) is 4.74. The number of aromatic nitrogens is 2. The SMILES string of the molecule is CCCCN1C(=O)CC(C(=O)n2ccnc2)C1c1ccc(F)cc1. The standard InChI is InChI=1S/C18H20FN3O2/c1-2-3-9-22-16(23)11-15(18(24)21-10-8-20-12-21)17(22)13-4-6-14(19)7-5-13/h4-8,10,12,15,17H,2-3,9,11H2,1H3. The lowest BCUT2D eigenvalue weighted by molar-refractivity contribution is -0.129. The number of amides is 1. The molecule has 2 atom stereocenters. The highest BCUT2D eigenvalue weighted by Gasteiger charge is 2.44. The Balaban J connectivity index is 1.95. The molecule has 0 saturated carbocycles. The molecular weight excluding hydrogens is 309 g/mol. The van der Waals surface area contributed by atoms with Gasteiger partial charge in [0.25, 0.3) is 0 Å². The molecule has 1 fully saturated rings. The molecule has 1 aliphatic rings. The second-order valence-corrected chi connectivity index (χ2v) is 6.06. The minimum atomic E-state index is -0.492. The van der Waals surface area contributed by atoms with E-state index in [2.05, 4.69) is 11.9 Å². The van der Waals surface area contributed by atoms with Gasteiger partial charge in [-0.15, -0.1) is 0 Å². The molecule has 5 nitrogen and oxygen atoms in total. The Morgan fingerprint density at radius 3 is 2.71 bits per heavy atom. The zero-order valence-electron chi connectivity index (χ0n) is 13.6. The summed E-state index contributed by atoms with van der Waals surface area (Å²) >= 11 is 0. The van der Waals surface area contributed by atoms with Crippen molar-refractivity contribution in [2.24, 2.45) is 5.92 Å². The summed E-state index contributed by atoms with van der Waals surface area (Å²) in [6.07, 6.45) is 6.57. The number of hydrogen-bond donors (Lipinski definition) is 0. The van der Waals surface area contributed by atoms with Gasteiger partial charge in [0.1, 0.15) is 12.1 Å². The number of hydrogen-bond acceptors (Lipinski definition) is 3. The zero-order chi connectivity index (χ0) is 17.1. The Morgan fingerprint density at radius 2 is 2.08 bits per heavy atom. The van der Waals surface area contributed by atoms with Crippen LogP contribution in [0.3, 0.4) is 0 Å². The minimum absolute atomic E-state index is 0.0313. The Hall–Kier alpha value is -2.50. The monoisotopic (exact) mass is 329 g/mol. The number of nitrogens with zero attached hydrogens (tertiary/aromatic N) is 3. The van der Waals surface area contributed by atoms with E-state index in [0.717, 1.165) is 18.4 Å². The number of unbranched alkanes of at least 4 members (excludes halogenated alkanes) is 1. The summed E-state index contributed by atoms with van der Waals surface area (Å²) in [6.45, 7) is 2.66. The van der Waals surface area contributed by atoms with Gasteiger partial charge in [0, 0.05) is 25.4 Å². The second kappa shape index (κ2) is 6.95. The van der Waals surface area contributed by atoms with Gasteiger partial charge in [0.15, 0.2) is 0 Å². The predicted octanol–water partition coefficient (Wildman–Crippen LogP) is 3.05. The first-order valence-electron chi connectivity index (χ1n) is 8.19. The van der Waals surface area contributed by atoms with Crippen molar-refractivity contribution in [2.45, 2.75) is 32.2 Å². The Bertz CT molecular complexity index is 712. The molecule has 0 N–H and O–H groups in total. The molecule has 2 unspecified atom stereocenters. The van der Waals surface area contributed by atoms with Crippen molar-refractivity contribution in [3.63, 3.8) is 0 Å². The summed E-state index contributed by atoms with van der Waals surface area (Å²) < 4.78 is 14.7. The molecule has 0 bridgehead atoms. The van der Waals surface area contributed by atoms with E-state index < -0.39 is 5.92 Å². The first-order chi connectivity index (χ1) is 11.6. The van der Waals surface area contributed by atoms with Gasteiger partial charge in [0.05, 0.1) is 12.0 Å². The zero-order valence-corrected chi connectivity index (χ0v) is 13.6. The summed E-state index contributed by atoms with van der Waals surface area (Å²) in [5.41, 5.74) is 0.789. The molecule has 24 heavy (non-hydrogen) atoms. The lowest BCUT2D eigenvalue weighted by atomic mass is 9.92. The smallest absolute Gasteiger partial charge is 0.237 e. The fourth-order valence-electron chi connectivity index (χ4n) is 3.26. The van der Waals surface area contributed by atoms with Crippen LogP contribution in [-0.2, 0) is 4.79 Å². The largest absolute Gasteiger partial charge is 0.335 e. The Labute approximate surface area is 140 Å². The second-order valence-electron chi connectivity index (χ2n) is 6.06. The third-order valence-corrected chi connectivity index (χ3v) is 4.47.